The van der Waals surface area contributed by atoms with Crippen molar-refractivity contribution < 1.29 is 53.9 Å². The predicted molar refractivity (Wildman–Crippen MR) is 442 cm³/mol. The molecule has 9 heterocycles. The molecule has 1 amide bonds. The van der Waals surface area contributed by atoms with Crippen LogP contribution < -0.4 is 41.7 Å². The molecular formula is C80H104N24O11. The summed E-state index contributed by atoms with van der Waals surface area (Å²) in [5.41, 5.74) is 7.42. The predicted octanol–water partition coefficient (Wildman–Crippen LogP) is 13.4. The van der Waals surface area contributed by atoms with E-state index in [2.05, 4.69) is 148 Å². The fourth-order valence-corrected chi connectivity index (χ4v) is 12.7. The van der Waals surface area contributed by atoms with Crippen molar-refractivity contribution in [3.63, 3.8) is 0 Å². The summed E-state index contributed by atoms with van der Waals surface area (Å²) in [5, 5.41) is 56.0. The van der Waals surface area contributed by atoms with E-state index in [9.17, 15) is 29.1 Å². The Hall–Kier alpha value is -12.7. The largest absolute Gasteiger partial charge is 0.480 e. The lowest BCUT2D eigenvalue weighted by Crippen LogP contribution is -2.38. The van der Waals surface area contributed by atoms with Crippen LogP contribution in [0.15, 0.2) is 123 Å². The minimum Gasteiger partial charge on any atom is -0.480 e. The van der Waals surface area contributed by atoms with Crippen molar-refractivity contribution in [2.75, 3.05) is 94.2 Å². The monoisotopic (exact) mass is 1580 g/mol. The number of ether oxygens (including phenoxy) is 2. The van der Waals surface area contributed by atoms with Crippen LogP contribution in [0.1, 0.15) is 148 Å². The van der Waals surface area contributed by atoms with Gasteiger partial charge in [-0.15, -0.1) is 6.58 Å². The van der Waals surface area contributed by atoms with Crippen LogP contribution in [0.2, 0.25) is 0 Å². The topological polar surface area (TPSA) is 438 Å². The molecule has 1 aliphatic heterocycles. The van der Waals surface area contributed by atoms with E-state index in [0.717, 1.165) is 107 Å². The molecule has 35 nitrogen and oxygen atoms in total. The number of anilines is 10. The van der Waals surface area contributed by atoms with Gasteiger partial charge in [0.15, 0.2) is 67.9 Å². The zero-order chi connectivity index (χ0) is 81.6. The molecule has 1 saturated heterocycles. The van der Waals surface area contributed by atoms with Crippen LogP contribution in [0.3, 0.4) is 0 Å². The van der Waals surface area contributed by atoms with Gasteiger partial charge in [-0.1, -0.05) is 145 Å². The van der Waals surface area contributed by atoms with Gasteiger partial charge in [-0.25, -0.2) is 29.6 Å². The van der Waals surface area contributed by atoms with Gasteiger partial charge in [-0.2, -0.15) is 39.9 Å². The second-order valence-electron chi connectivity index (χ2n) is 28.6. The molecule has 11 aromatic rings. The summed E-state index contributed by atoms with van der Waals surface area (Å²) in [6.45, 7) is 20.3. The first-order valence-electron chi connectivity index (χ1n) is 39.1. The highest BCUT2D eigenvalue weighted by molar-refractivity contribution is 5.92. The number of benzene rings is 3. The third-order valence-corrected chi connectivity index (χ3v) is 18.3. The van der Waals surface area contributed by atoms with Crippen molar-refractivity contribution >= 4 is 133 Å². The minimum absolute atomic E-state index is 0.124. The molecule has 0 spiro atoms. The number of aromatic nitrogens is 16. The first kappa shape index (κ1) is 84.8. The number of aliphatic carboxylic acids is 4. The number of rotatable bonds is 35. The third-order valence-electron chi connectivity index (χ3n) is 18.3. The number of carbonyl (C=O) groups is 5. The lowest BCUT2D eigenvalue weighted by molar-refractivity contribution is -0.138. The summed E-state index contributed by atoms with van der Waals surface area (Å²) in [6, 6.07) is 27.8. The Kier molecular flexibility index (Phi) is 31.1. The van der Waals surface area contributed by atoms with Crippen molar-refractivity contribution in [1.82, 2.24) is 78.1 Å². The van der Waals surface area contributed by atoms with E-state index in [1.165, 1.54) is 81.6 Å². The van der Waals surface area contributed by atoms with Crippen molar-refractivity contribution in [3.05, 3.63) is 134 Å². The molecule has 8 aromatic heterocycles. The van der Waals surface area contributed by atoms with E-state index in [0.29, 0.717) is 119 Å². The van der Waals surface area contributed by atoms with Crippen molar-refractivity contribution in [1.29, 1.82) is 0 Å². The number of morpholine rings is 1. The van der Waals surface area contributed by atoms with Gasteiger partial charge in [0.2, 0.25) is 23.8 Å². The van der Waals surface area contributed by atoms with E-state index in [4.69, 9.17) is 24.8 Å². The van der Waals surface area contributed by atoms with Crippen molar-refractivity contribution in [2.45, 2.75) is 176 Å². The van der Waals surface area contributed by atoms with E-state index in [-0.39, 0.29) is 32.1 Å². The Morgan fingerprint density at radius 3 is 1.45 bits per heavy atom. The number of carboxylic acid groups (broad SMARTS) is 4. The highest BCUT2D eigenvalue weighted by Gasteiger charge is 2.29. The van der Waals surface area contributed by atoms with Gasteiger partial charge in [0.25, 0.3) is 0 Å². The highest BCUT2D eigenvalue weighted by Crippen LogP contribution is 2.34. The molecule has 10 N–H and O–H groups in total. The number of carboxylic acids is 4. The maximum Gasteiger partial charge on any atom is 0.417 e. The maximum absolute atomic E-state index is 13.0. The average molecular weight is 1580 g/mol. The molecule has 2 fully saturated rings. The molecule has 1 aliphatic carbocycles. The second kappa shape index (κ2) is 42.3. The quantitative estimate of drug-likeness (QED) is 0.0130. The molecule has 0 atom stereocenters. The van der Waals surface area contributed by atoms with Gasteiger partial charge < -0.3 is 85.0 Å². The number of carbonyl (C=O) groups excluding carboxylic acids is 1. The molecule has 115 heavy (non-hydrogen) atoms. The summed E-state index contributed by atoms with van der Waals surface area (Å²) >= 11 is 0. The number of unbranched alkanes of at least 4 members (excludes halogenated alkanes) is 6. The van der Waals surface area contributed by atoms with Crippen molar-refractivity contribution in [3.8, 4) is 0 Å². The molecular weight excluding hydrogens is 1470 g/mol. The molecule has 0 unspecified atom stereocenters. The number of imidazole rings is 4. The summed E-state index contributed by atoms with van der Waals surface area (Å²) in [7, 11) is 0. The van der Waals surface area contributed by atoms with E-state index in [1.807, 2.05) is 60.7 Å². The number of hydrogen-bond acceptors (Lipinski definition) is 26. The lowest BCUT2D eigenvalue weighted by atomic mass is 9.84. The van der Waals surface area contributed by atoms with Crippen LogP contribution >= 0.6 is 0 Å². The number of nitrogens with zero attached hydrogens (tertiary/aromatic N) is 18. The van der Waals surface area contributed by atoms with E-state index >= 15 is 0 Å². The van der Waals surface area contributed by atoms with Gasteiger partial charge in [0.1, 0.15) is 31.8 Å². The summed E-state index contributed by atoms with van der Waals surface area (Å²) < 4.78 is 17.0. The number of para-hydroxylation sites is 2. The Morgan fingerprint density at radius 1 is 0.522 bits per heavy atom. The van der Waals surface area contributed by atoms with Gasteiger partial charge in [-0.05, 0) is 94.2 Å². The van der Waals surface area contributed by atoms with Crippen LogP contribution in [0.5, 0.6) is 0 Å². The molecule has 1 saturated carbocycles. The molecule has 3 aromatic carbocycles. The Morgan fingerprint density at radius 2 is 0.965 bits per heavy atom. The van der Waals surface area contributed by atoms with Crippen LogP contribution in [0.25, 0.3) is 44.7 Å². The fraction of sp³-hybridized carbons (Fsp3) is 0.438. The summed E-state index contributed by atoms with van der Waals surface area (Å²) in [4.78, 5) is 115. The number of amides is 1. The third kappa shape index (κ3) is 24.9. The van der Waals surface area contributed by atoms with E-state index < -0.39 is 35.6 Å². The molecule has 35 heteroatoms. The van der Waals surface area contributed by atoms with Crippen LogP contribution in [0.4, 0.5) is 63.2 Å². The van der Waals surface area contributed by atoms with Crippen LogP contribution in [0, 0.1) is 0 Å². The number of hydrogen-bond donors (Lipinski definition) is 10. The lowest BCUT2D eigenvalue weighted by Gasteiger charge is -2.28. The smallest absolute Gasteiger partial charge is 0.417 e. The summed E-state index contributed by atoms with van der Waals surface area (Å²) in [6.07, 6.45) is 22.9. The van der Waals surface area contributed by atoms with Gasteiger partial charge in [0.05, 0.1) is 38.5 Å². The van der Waals surface area contributed by atoms with Crippen molar-refractivity contribution in [2.24, 2.45) is 0 Å². The van der Waals surface area contributed by atoms with Crippen LogP contribution in [-0.2, 0) is 61.4 Å². The fourth-order valence-electron chi connectivity index (χ4n) is 12.7. The highest BCUT2D eigenvalue weighted by atomic mass is 16.6. The second-order valence-corrected chi connectivity index (χ2v) is 28.6. The van der Waals surface area contributed by atoms with Gasteiger partial charge >= 0.3 is 30.0 Å². The Bertz CT molecular complexity index is 5000. The zero-order valence-corrected chi connectivity index (χ0v) is 66.0. The molecule has 0 radical (unpaired) electrons. The first-order valence-corrected chi connectivity index (χ1v) is 39.1. The normalized spacial score (nSPS) is 12.8. The SMILES string of the molecule is C=CCNc1nc(NCc2ccc(C3CCCCC3)cc2)nc2c1ncn2CC(=O)O.CCCCCN(C(=O)OC(C)(C)C)c1nc(Nc2ccccc2)c2ncn(CC(=O)O)c2n1.CCCCCNc1nc(N2CCOCC2)c2ncn(CC(=O)O)c2n1.CCCCCNc1nc(Nc2ccccc2)c2ncn(CC(=O)O)c2n1. The van der Waals surface area contributed by atoms with E-state index in [1.54, 1.807) is 31.4 Å². The zero-order valence-electron chi connectivity index (χ0n) is 66.0. The van der Waals surface area contributed by atoms with Gasteiger partial charge in [-0.3, -0.25) is 19.2 Å². The molecule has 0 bridgehead atoms. The standard InChI is InChI=1S/C23H30N6O4.C23H28N6O2.C18H22N6O2.C16H24N6O3/c1-5-6-10-13-29(22(32)33-23(2,3)4)21-26-19(25-16-11-8-7-9-12-16)18-20(27-21)28(15-24-18)14-17(30)31;1-2-12-24-21-20-22(29(15-26-20)14-19(30)31)28-23(27-21)25-13-16-8-10-18(11-9-16)17-6-4-3-5-7-17;1-2-3-7-10-19-18-22-16(21-13-8-5-4-6-9-13)15-17(23-18)24(12-20-15)11-14(25)26;1-2-3-4-5-17-16-19-14(21-6-8-25-9-7-21)13-15(20-16)22(11-18-13)10-12(23)24/h7-9,11-12,15H,5-6,10,13-14H2,1-4H3,(H,30,31)(H,25,26,27);2,8-11,15,17H,1,3-7,12-14H2,(H,30,31)(H2,24,25,27,28);4-6,8-9,12H,2-3,7,10-11H2,1H3,(H,25,26)(H2,19,21,22,23);11H,2-10H2,1H3,(H,23,24)(H,17,19,20). The van der Waals surface area contributed by atoms with Gasteiger partial charge in [0, 0.05) is 57.2 Å². The average Bonchev–Trinajstić information content (AvgIpc) is 1.69. The summed E-state index contributed by atoms with van der Waals surface area (Å²) in [5.74, 6) is 0.538. The maximum atomic E-state index is 13.0. The molecule has 13 rings (SSSR count). The molecule has 610 valence electrons. The Labute approximate surface area is 665 Å². The number of nitrogens with one attached hydrogen (secondary N) is 6. The number of fused-ring (bicyclic) bond motifs is 4. The van der Waals surface area contributed by atoms with Crippen LogP contribution in [-0.4, -0.2) is 187 Å². The Balaban J connectivity index is 0.000000163. The molecule has 2 aliphatic rings. The first-order chi connectivity index (χ1) is 55.7. The minimum atomic E-state index is -1.03.